The Kier molecular flexibility index (Phi) is 21.7. The number of anilines is 9. The van der Waals surface area contributed by atoms with Gasteiger partial charge in [-0.2, -0.15) is 0 Å². The molecule has 4 aliphatic rings. The quantitative estimate of drug-likeness (QED) is 0.0597. The van der Waals surface area contributed by atoms with Crippen LogP contribution in [0.5, 0.6) is 0 Å². The fourth-order valence-electron chi connectivity index (χ4n) is 21.0. The molecule has 4 aliphatic carbocycles. The number of Topliss-reactive ketones (excluding diaryl/α,β-unsaturated/α-hetero) is 6. The number of benzene rings is 22. The van der Waals surface area contributed by atoms with Crippen LogP contribution in [0.15, 0.2) is 490 Å². The van der Waals surface area contributed by atoms with Crippen molar-refractivity contribution in [3.8, 4) is 33.4 Å². The largest absolute Gasteiger partial charge is 0.310 e. The molecule has 0 aliphatic heterocycles. The first kappa shape index (κ1) is 86.2. The zero-order chi connectivity index (χ0) is 95.8. The lowest BCUT2D eigenvalue weighted by Crippen LogP contribution is -2.16. The summed E-state index contributed by atoms with van der Waals surface area (Å²) in [4.78, 5) is 87.3. The Morgan fingerprint density at radius 2 is 0.458 bits per heavy atom. The summed E-state index contributed by atoms with van der Waals surface area (Å²) in [5.41, 5.74) is 25.1. The molecular formula is C133H87N3O6. The third kappa shape index (κ3) is 15.8. The van der Waals surface area contributed by atoms with E-state index in [4.69, 9.17) is 0 Å². The Labute approximate surface area is 821 Å². The smallest absolute Gasteiger partial charge is 0.197 e. The second kappa shape index (κ2) is 35.8. The zero-order valence-electron chi connectivity index (χ0n) is 77.6. The van der Waals surface area contributed by atoms with Gasteiger partial charge in [-0.1, -0.05) is 323 Å². The molecule has 0 fully saturated rings. The lowest BCUT2D eigenvalue weighted by molar-refractivity contribution is 0.0975. The van der Waals surface area contributed by atoms with Gasteiger partial charge in [0.1, 0.15) is 0 Å². The van der Waals surface area contributed by atoms with Crippen molar-refractivity contribution >= 4 is 180 Å². The summed E-state index contributed by atoms with van der Waals surface area (Å²) in [6.07, 6.45) is 5.20. The van der Waals surface area contributed by atoms with Crippen LogP contribution in [0, 0.1) is 0 Å². The number of nitrogens with zero attached hydrogens (tertiary/aromatic N) is 3. The molecule has 22 aromatic rings. The van der Waals surface area contributed by atoms with Gasteiger partial charge in [0, 0.05) is 89.9 Å². The van der Waals surface area contributed by atoms with E-state index in [0.29, 0.717) is 33.4 Å². The standard InChI is InChI=1S/C47H33NO2.C46H29NO2.C40H25NO2/c1-47(2)42-18-10-8-17-37(42)38-25-24-35(29-43(38)47)48(44-19-11-9-16-36(44)31-12-4-3-5-13-31)34-22-20-30(21-23-34)26-41-45(49)39-27-32-14-6-7-15-33(32)28-40(39)46(41)50;48-45-42-28-35-13-6-7-14-36(35)29-43(42)46(49)44(45)24-30-17-18-38-27-41(22-20-37(38)23-30)47(40-21-19-32-11-4-5-12-33(32)26-40)39-16-8-15-34(25-39)31-9-2-1-3-10-31;42-39-36-24-27-9-7-8-10-28(27)25-37(36)40(43)38(39)20-26-15-16-29-22-32-23-35(18-17-30(32)21-31(29)19-26)41(33-11-3-1-4-12-33)34-13-5-2-6-14-34/h3-29H,1-2H3;1-29H;1-25H. The summed E-state index contributed by atoms with van der Waals surface area (Å²) in [6.45, 7) is 4.61. The van der Waals surface area contributed by atoms with Crippen molar-refractivity contribution in [2.45, 2.75) is 19.3 Å². The summed E-state index contributed by atoms with van der Waals surface area (Å²) in [7, 11) is 0. The van der Waals surface area contributed by atoms with Crippen LogP contribution in [0.3, 0.4) is 0 Å². The van der Waals surface area contributed by atoms with E-state index in [2.05, 4.69) is 338 Å². The van der Waals surface area contributed by atoms with Crippen LogP contribution in [0.1, 0.15) is 104 Å². The molecule has 26 rings (SSSR count). The Hall–Kier alpha value is -18.7. The molecule has 0 radical (unpaired) electrons. The summed E-state index contributed by atoms with van der Waals surface area (Å²) >= 11 is 0. The van der Waals surface area contributed by atoms with Gasteiger partial charge in [-0.05, 0) is 313 Å². The molecule has 0 unspecified atom stereocenters. The molecule has 670 valence electrons. The predicted octanol–water partition coefficient (Wildman–Crippen LogP) is 33.6. The summed E-state index contributed by atoms with van der Waals surface area (Å²) in [5.74, 6) is -1.30. The third-order valence-electron chi connectivity index (χ3n) is 28.1. The Bertz CT molecular complexity index is 8920. The van der Waals surface area contributed by atoms with Gasteiger partial charge in [-0.3, -0.25) is 28.8 Å². The second-order valence-electron chi connectivity index (χ2n) is 37.2. The highest BCUT2D eigenvalue weighted by atomic mass is 16.2. The van der Waals surface area contributed by atoms with E-state index in [1.807, 2.05) is 164 Å². The zero-order valence-corrected chi connectivity index (χ0v) is 77.6. The average Bonchev–Trinajstić information content (AvgIpc) is 1.57. The number of carbonyl (C=O) groups excluding carboxylic acids is 6. The Balaban J connectivity index is 0.000000115. The van der Waals surface area contributed by atoms with E-state index >= 15 is 0 Å². The number of carbonyl (C=O) groups is 6. The number of rotatable bonds is 14. The molecule has 0 saturated carbocycles. The number of ketones is 6. The van der Waals surface area contributed by atoms with E-state index in [1.165, 1.54) is 38.6 Å². The fourth-order valence-corrected chi connectivity index (χ4v) is 21.0. The third-order valence-corrected chi connectivity index (χ3v) is 28.1. The number of fused-ring (bicyclic) bond motifs is 13. The van der Waals surface area contributed by atoms with Gasteiger partial charge < -0.3 is 14.7 Å². The summed E-state index contributed by atoms with van der Waals surface area (Å²) in [6, 6.07) is 161. The second-order valence-corrected chi connectivity index (χ2v) is 37.2. The van der Waals surface area contributed by atoms with Gasteiger partial charge in [-0.15, -0.1) is 0 Å². The Morgan fingerprint density at radius 3 is 0.944 bits per heavy atom. The van der Waals surface area contributed by atoms with Crippen molar-refractivity contribution in [1.82, 2.24) is 0 Å². The van der Waals surface area contributed by atoms with Crippen LogP contribution in [-0.2, 0) is 5.41 Å². The first-order chi connectivity index (χ1) is 69.6. The van der Waals surface area contributed by atoms with Crippen molar-refractivity contribution in [2.24, 2.45) is 0 Å². The maximum atomic E-state index is 13.5. The first-order valence-corrected chi connectivity index (χ1v) is 47.8. The first-order valence-electron chi connectivity index (χ1n) is 47.8. The number of allylic oxidation sites excluding steroid dienone is 3. The lowest BCUT2D eigenvalue weighted by Gasteiger charge is -2.30. The molecule has 0 N–H and O–H groups in total. The molecule has 142 heavy (non-hydrogen) atoms. The van der Waals surface area contributed by atoms with Gasteiger partial charge in [0.25, 0.3) is 0 Å². The molecule has 0 heterocycles. The fraction of sp³-hybridized carbons (Fsp3) is 0.0226. The van der Waals surface area contributed by atoms with Crippen molar-refractivity contribution in [3.05, 3.63) is 551 Å². The van der Waals surface area contributed by atoms with Crippen LogP contribution in [0.2, 0.25) is 0 Å². The molecule has 9 heteroatoms. The normalized spacial score (nSPS) is 13.1. The van der Waals surface area contributed by atoms with E-state index in [-0.39, 0.29) is 56.8 Å². The number of hydrogen-bond acceptors (Lipinski definition) is 9. The monoisotopic (exact) mass is 1820 g/mol. The molecule has 0 bridgehead atoms. The van der Waals surface area contributed by atoms with Crippen molar-refractivity contribution < 1.29 is 28.8 Å². The van der Waals surface area contributed by atoms with Gasteiger partial charge in [-0.25, -0.2) is 0 Å². The maximum absolute atomic E-state index is 13.5. The molecule has 22 aromatic carbocycles. The Morgan fingerprint density at radius 1 is 0.169 bits per heavy atom. The van der Waals surface area contributed by atoms with Crippen LogP contribution >= 0.6 is 0 Å². The highest BCUT2D eigenvalue weighted by Gasteiger charge is 2.39. The summed E-state index contributed by atoms with van der Waals surface area (Å²) in [5, 5.41) is 14.6. The SMILES string of the molecule is CC1(C)c2ccccc2-c2ccc(N(c3ccc(C=C4C(=O)c5cc6ccccc6cc5C4=O)cc3)c3ccccc3-c3ccccc3)cc21.O=C1C(=Cc2ccc3cc(N(c4cccc(-c5ccccc5)c4)c4ccc5ccccc5c4)ccc3c2)C(=O)c2cc3ccccc3cc21.O=C1C(=Cc2ccc3cc4cc(N(c5ccccc5)c5ccccc5)ccc4cc3c2)C(=O)c2cc3ccccc3cc21. The summed E-state index contributed by atoms with van der Waals surface area (Å²) < 4.78 is 0. The van der Waals surface area contributed by atoms with Gasteiger partial charge in [0.15, 0.2) is 34.7 Å². The van der Waals surface area contributed by atoms with E-state index in [1.54, 1.807) is 18.2 Å². The molecule has 0 saturated heterocycles. The van der Waals surface area contributed by atoms with E-state index in [9.17, 15) is 28.8 Å². The minimum atomic E-state index is -0.222. The van der Waals surface area contributed by atoms with Gasteiger partial charge in [0.2, 0.25) is 0 Å². The molecule has 0 atom stereocenters. The van der Waals surface area contributed by atoms with Crippen molar-refractivity contribution in [1.29, 1.82) is 0 Å². The highest BCUT2D eigenvalue weighted by Crippen LogP contribution is 2.53. The number of hydrogen-bond donors (Lipinski definition) is 0. The van der Waals surface area contributed by atoms with Gasteiger partial charge in [0.05, 0.1) is 22.4 Å². The minimum absolute atomic E-state index is 0.146. The minimum Gasteiger partial charge on any atom is -0.310 e. The molecule has 0 amide bonds. The molecule has 0 aromatic heterocycles. The van der Waals surface area contributed by atoms with Crippen LogP contribution in [0.25, 0.3) is 127 Å². The molecule has 0 spiro atoms. The van der Waals surface area contributed by atoms with Crippen molar-refractivity contribution in [3.63, 3.8) is 0 Å². The lowest BCUT2D eigenvalue weighted by atomic mass is 9.82. The van der Waals surface area contributed by atoms with E-state index in [0.717, 1.165) is 149 Å². The van der Waals surface area contributed by atoms with Crippen LogP contribution < -0.4 is 14.7 Å². The highest BCUT2D eigenvalue weighted by molar-refractivity contribution is 6.44. The van der Waals surface area contributed by atoms with E-state index < -0.39 is 0 Å². The van der Waals surface area contributed by atoms with Crippen molar-refractivity contribution in [2.75, 3.05) is 14.7 Å². The number of para-hydroxylation sites is 3. The van der Waals surface area contributed by atoms with Crippen LogP contribution in [0.4, 0.5) is 51.2 Å². The molecular weight excluding hydrogens is 1740 g/mol. The molecule has 9 nitrogen and oxygen atoms in total. The predicted molar refractivity (Wildman–Crippen MR) is 584 cm³/mol. The average molecular weight is 1820 g/mol. The van der Waals surface area contributed by atoms with Crippen LogP contribution in [-0.4, -0.2) is 34.7 Å². The topological polar surface area (TPSA) is 112 Å². The van der Waals surface area contributed by atoms with Gasteiger partial charge >= 0.3 is 0 Å². The maximum Gasteiger partial charge on any atom is 0.197 e.